The molecule has 2 aromatic carbocycles. The summed E-state index contributed by atoms with van der Waals surface area (Å²) in [6.07, 6.45) is 1.62. The summed E-state index contributed by atoms with van der Waals surface area (Å²) in [7, 11) is 0. The van der Waals surface area contributed by atoms with Gasteiger partial charge in [0.05, 0.1) is 6.54 Å². The van der Waals surface area contributed by atoms with E-state index in [0.717, 1.165) is 14.9 Å². The van der Waals surface area contributed by atoms with Crippen LogP contribution in [0.5, 0.6) is 0 Å². The van der Waals surface area contributed by atoms with E-state index < -0.39 is 11.9 Å². The highest BCUT2D eigenvalue weighted by atomic mass is 79.9. The lowest BCUT2D eigenvalue weighted by Crippen LogP contribution is -2.30. The van der Waals surface area contributed by atoms with E-state index in [1.54, 1.807) is 18.2 Å². The maximum Gasteiger partial charge on any atom is 0.329 e. The molecule has 1 N–H and O–H groups in total. The number of rotatable bonds is 3. The average molecular weight is 375 g/mol. The molecule has 0 bridgehead atoms. The van der Waals surface area contributed by atoms with E-state index in [1.165, 1.54) is 12.1 Å². The molecule has 3 amide bonds. The summed E-state index contributed by atoms with van der Waals surface area (Å²) in [6.45, 7) is 0.0998. The first kappa shape index (κ1) is 15.4. The molecule has 0 spiro atoms. The highest BCUT2D eigenvalue weighted by Crippen LogP contribution is 2.18. The Labute approximate surface area is 140 Å². The van der Waals surface area contributed by atoms with Gasteiger partial charge in [0, 0.05) is 4.47 Å². The Bertz CT molecular complexity index is 785. The van der Waals surface area contributed by atoms with Crippen LogP contribution in [-0.4, -0.2) is 16.8 Å². The van der Waals surface area contributed by atoms with E-state index in [0.29, 0.717) is 5.56 Å². The second kappa shape index (κ2) is 6.34. The third kappa shape index (κ3) is 3.48. The molecule has 4 nitrogen and oxygen atoms in total. The van der Waals surface area contributed by atoms with Crippen LogP contribution in [0.15, 0.2) is 58.7 Å². The van der Waals surface area contributed by atoms with Crippen molar-refractivity contribution in [1.29, 1.82) is 0 Å². The van der Waals surface area contributed by atoms with Gasteiger partial charge in [-0.05, 0) is 41.5 Å². The van der Waals surface area contributed by atoms with Crippen molar-refractivity contribution >= 4 is 33.9 Å². The van der Waals surface area contributed by atoms with E-state index in [-0.39, 0.29) is 18.1 Å². The van der Waals surface area contributed by atoms with Gasteiger partial charge in [0.2, 0.25) is 0 Å². The Morgan fingerprint density at radius 2 is 1.70 bits per heavy atom. The topological polar surface area (TPSA) is 49.4 Å². The quantitative estimate of drug-likeness (QED) is 0.657. The number of hydrogen-bond acceptors (Lipinski definition) is 2. The molecule has 1 aliphatic rings. The van der Waals surface area contributed by atoms with Crippen LogP contribution in [-0.2, 0) is 11.3 Å². The predicted octanol–water partition coefficient (Wildman–Crippen LogP) is 3.68. The summed E-state index contributed by atoms with van der Waals surface area (Å²) in [5.41, 5.74) is 1.71. The van der Waals surface area contributed by atoms with Crippen LogP contribution < -0.4 is 5.32 Å². The first-order chi connectivity index (χ1) is 11.0. The van der Waals surface area contributed by atoms with Crippen LogP contribution >= 0.6 is 15.9 Å². The molecule has 116 valence electrons. The summed E-state index contributed by atoms with van der Waals surface area (Å²) in [5.74, 6) is -0.760. The SMILES string of the molecule is O=C1N/C(=C/c2ccc(Br)cc2)C(=O)N1Cc1ccc(F)cc1. The number of hydrogen-bond donors (Lipinski definition) is 1. The third-order valence-electron chi connectivity index (χ3n) is 3.40. The molecule has 1 saturated heterocycles. The van der Waals surface area contributed by atoms with Crippen molar-refractivity contribution in [3.05, 3.63) is 75.6 Å². The fourth-order valence-corrected chi connectivity index (χ4v) is 2.48. The van der Waals surface area contributed by atoms with Crippen LogP contribution in [0.1, 0.15) is 11.1 Å². The first-order valence-electron chi connectivity index (χ1n) is 6.87. The van der Waals surface area contributed by atoms with Gasteiger partial charge < -0.3 is 5.32 Å². The van der Waals surface area contributed by atoms with Crippen molar-refractivity contribution in [3.8, 4) is 0 Å². The zero-order valence-corrected chi connectivity index (χ0v) is 13.5. The predicted molar refractivity (Wildman–Crippen MR) is 87.6 cm³/mol. The smallest absolute Gasteiger partial charge is 0.303 e. The fourth-order valence-electron chi connectivity index (χ4n) is 2.21. The lowest BCUT2D eigenvalue weighted by molar-refractivity contribution is -0.123. The number of imide groups is 1. The highest BCUT2D eigenvalue weighted by Gasteiger charge is 2.33. The summed E-state index contributed by atoms with van der Waals surface area (Å²) < 4.78 is 13.8. The monoisotopic (exact) mass is 374 g/mol. The first-order valence-corrected chi connectivity index (χ1v) is 7.67. The molecule has 0 atom stereocenters. The molecule has 1 aliphatic heterocycles. The molecule has 2 aromatic rings. The second-order valence-corrected chi connectivity index (χ2v) is 5.97. The Morgan fingerprint density at radius 3 is 2.35 bits per heavy atom. The van der Waals surface area contributed by atoms with Crippen LogP contribution in [0.3, 0.4) is 0 Å². The summed E-state index contributed by atoms with van der Waals surface area (Å²) in [5, 5.41) is 2.56. The molecule has 0 saturated carbocycles. The molecule has 23 heavy (non-hydrogen) atoms. The summed E-state index contributed by atoms with van der Waals surface area (Å²) in [6, 6.07) is 12.6. The van der Waals surface area contributed by atoms with E-state index in [9.17, 15) is 14.0 Å². The molecular formula is C17H12BrFN2O2. The van der Waals surface area contributed by atoms with Crippen molar-refractivity contribution < 1.29 is 14.0 Å². The van der Waals surface area contributed by atoms with Crippen LogP contribution in [0.25, 0.3) is 6.08 Å². The van der Waals surface area contributed by atoms with Crippen LogP contribution in [0, 0.1) is 5.82 Å². The van der Waals surface area contributed by atoms with Gasteiger partial charge in [-0.1, -0.05) is 40.2 Å². The molecule has 6 heteroatoms. The number of carbonyl (C=O) groups is 2. The molecule has 1 fully saturated rings. The van der Waals surface area contributed by atoms with E-state index in [1.807, 2.05) is 24.3 Å². The number of carbonyl (C=O) groups excluding carboxylic acids is 2. The number of nitrogens with one attached hydrogen (secondary N) is 1. The molecular weight excluding hydrogens is 363 g/mol. The van der Waals surface area contributed by atoms with E-state index in [4.69, 9.17) is 0 Å². The largest absolute Gasteiger partial charge is 0.329 e. The van der Waals surface area contributed by atoms with E-state index >= 15 is 0 Å². The molecule has 0 aromatic heterocycles. The number of benzene rings is 2. The van der Waals surface area contributed by atoms with Crippen LogP contribution in [0.4, 0.5) is 9.18 Å². The Morgan fingerprint density at radius 1 is 1.04 bits per heavy atom. The molecule has 0 radical (unpaired) electrons. The molecule has 3 rings (SSSR count). The minimum atomic E-state index is -0.484. The van der Waals surface area contributed by atoms with Gasteiger partial charge in [-0.2, -0.15) is 0 Å². The van der Waals surface area contributed by atoms with Crippen molar-refractivity contribution in [2.45, 2.75) is 6.54 Å². The van der Waals surface area contributed by atoms with Crippen molar-refractivity contribution in [3.63, 3.8) is 0 Å². The van der Waals surface area contributed by atoms with Crippen molar-refractivity contribution in [1.82, 2.24) is 10.2 Å². The number of nitrogens with zero attached hydrogens (tertiary/aromatic N) is 1. The zero-order valence-electron chi connectivity index (χ0n) is 11.9. The van der Waals surface area contributed by atoms with Crippen molar-refractivity contribution in [2.75, 3.05) is 0 Å². The second-order valence-electron chi connectivity index (χ2n) is 5.06. The minimum Gasteiger partial charge on any atom is -0.303 e. The van der Waals surface area contributed by atoms with Crippen LogP contribution in [0.2, 0.25) is 0 Å². The lowest BCUT2D eigenvalue weighted by Gasteiger charge is -2.11. The Kier molecular flexibility index (Phi) is 4.25. The fraction of sp³-hybridized carbons (Fsp3) is 0.0588. The van der Waals surface area contributed by atoms with Gasteiger partial charge in [-0.15, -0.1) is 0 Å². The maximum absolute atomic E-state index is 12.9. The maximum atomic E-state index is 12.9. The van der Waals surface area contributed by atoms with Gasteiger partial charge in [0.1, 0.15) is 11.5 Å². The average Bonchev–Trinajstić information content (AvgIpc) is 2.79. The zero-order chi connectivity index (χ0) is 16.4. The van der Waals surface area contributed by atoms with Gasteiger partial charge in [0.15, 0.2) is 0 Å². The standard InChI is InChI=1S/C17H12BrFN2O2/c18-13-5-1-11(2-6-13)9-15-16(22)21(17(23)20-15)10-12-3-7-14(19)8-4-12/h1-9H,10H2,(H,20,23)/b15-9+. The van der Waals surface area contributed by atoms with Gasteiger partial charge in [-0.3, -0.25) is 9.69 Å². The Hall–Kier alpha value is -2.47. The molecule has 0 aliphatic carbocycles. The Balaban J connectivity index is 1.79. The molecule has 1 heterocycles. The lowest BCUT2D eigenvalue weighted by atomic mass is 10.2. The number of halogens is 2. The highest BCUT2D eigenvalue weighted by molar-refractivity contribution is 9.10. The van der Waals surface area contributed by atoms with Crippen molar-refractivity contribution in [2.24, 2.45) is 0 Å². The normalized spacial score (nSPS) is 16.1. The summed E-state index contributed by atoms with van der Waals surface area (Å²) >= 11 is 3.34. The van der Waals surface area contributed by atoms with Gasteiger partial charge in [0.25, 0.3) is 5.91 Å². The van der Waals surface area contributed by atoms with Gasteiger partial charge >= 0.3 is 6.03 Å². The number of urea groups is 1. The van der Waals surface area contributed by atoms with Gasteiger partial charge in [-0.25, -0.2) is 9.18 Å². The third-order valence-corrected chi connectivity index (χ3v) is 3.93. The van der Waals surface area contributed by atoms with E-state index in [2.05, 4.69) is 21.2 Å². The minimum absolute atomic E-state index is 0.0998. The summed E-state index contributed by atoms with van der Waals surface area (Å²) in [4.78, 5) is 25.4. The molecule has 0 unspecified atom stereocenters. The number of amides is 3.